The lowest BCUT2D eigenvalue weighted by molar-refractivity contribution is -0.0240. The molecule has 2 aromatic carbocycles. The fraction of sp³-hybridized carbons (Fsp3) is 0.520. The molecular weight excluding hydrogens is 408 g/mol. The molecule has 0 N–H and O–H groups in total. The lowest BCUT2D eigenvalue weighted by Crippen LogP contribution is -2.55. The lowest BCUT2D eigenvalue weighted by atomic mass is 9.70. The summed E-state index contributed by atoms with van der Waals surface area (Å²) in [5.74, 6) is 0.445. The molecular formula is C25H34N2O3S. The Morgan fingerprint density at radius 2 is 1.61 bits per heavy atom. The van der Waals surface area contributed by atoms with Crippen molar-refractivity contribution in [2.75, 3.05) is 39.0 Å². The molecule has 2 aromatic rings. The standard InChI is InChI=1S/C25H34N2O3S/c1-21(30-31(2,28)29)25-19-26(15-13-22-9-5-3-6-10-22)16-14-24(25)18-27(20-25)17-23-11-7-4-8-12-23/h3-12,21,24H,13-20H2,1-2H3. The third kappa shape index (κ3) is 5.55. The van der Waals surface area contributed by atoms with Crippen LogP contribution in [0, 0.1) is 11.3 Å². The van der Waals surface area contributed by atoms with Crippen LogP contribution in [-0.4, -0.2) is 63.3 Å². The summed E-state index contributed by atoms with van der Waals surface area (Å²) in [6, 6.07) is 21.1. The van der Waals surface area contributed by atoms with Crippen molar-refractivity contribution in [1.82, 2.24) is 9.80 Å². The number of likely N-dealkylation sites (tertiary alicyclic amines) is 2. The van der Waals surface area contributed by atoms with Gasteiger partial charge in [-0.15, -0.1) is 0 Å². The van der Waals surface area contributed by atoms with E-state index < -0.39 is 10.1 Å². The van der Waals surface area contributed by atoms with Gasteiger partial charge in [0.05, 0.1) is 12.4 Å². The topological polar surface area (TPSA) is 49.9 Å². The summed E-state index contributed by atoms with van der Waals surface area (Å²) in [5.41, 5.74) is 2.47. The first-order valence-corrected chi connectivity index (χ1v) is 13.1. The Hall–Kier alpha value is -1.73. The van der Waals surface area contributed by atoms with Crippen LogP contribution in [-0.2, 0) is 27.3 Å². The van der Waals surface area contributed by atoms with Gasteiger partial charge in [-0.05, 0) is 43.4 Å². The minimum atomic E-state index is -3.50. The summed E-state index contributed by atoms with van der Waals surface area (Å²) < 4.78 is 29.6. The van der Waals surface area contributed by atoms with Crippen LogP contribution in [0.4, 0.5) is 0 Å². The predicted molar refractivity (Wildman–Crippen MR) is 124 cm³/mol. The first-order chi connectivity index (χ1) is 14.8. The van der Waals surface area contributed by atoms with E-state index in [-0.39, 0.29) is 11.5 Å². The highest BCUT2D eigenvalue weighted by Gasteiger charge is 2.53. The maximum absolute atomic E-state index is 12.0. The molecule has 2 saturated heterocycles. The van der Waals surface area contributed by atoms with E-state index in [1.807, 2.05) is 19.1 Å². The van der Waals surface area contributed by atoms with Gasteiger partial charge in [-0.3, -0.25) is 9.08 Å². The Kier molecular flexibility index (Phi) is 6.82. The van der Waals surface area contributed by atoms with Crippen molar-refractivity contribution >= 4 is 10.1 Å². The first-order valence-electron chi connectivity index (χ1n) is 11.2. The number of benzene rings is 2. The molecule has 2 fully saturated rings. The highest BCUT2D eigenvalue weighted by molar-refractivity contribution is 7.86. The summed E-state index contributed by atoms with van der Waals surface area (Å²) in [5, 5.41) is 0. The van der Waals surface area contributed by atoms with Crippen LogP contribution in [0.15, 0.2) is 60.7 Å². The summed E-state index contributed by atoms with van der Waals surface area (Å²) in [6.07, 6.45) is 2.92. The molecule has 5 nitrogen and oxygen atoms in total. The van der Waals surface area contributed by atoms with Crippen molar-refractivity contribution in [2.24, 2.45) is 11.3 Å². The van der Waals surface area contributed by atoms with E-state index in [0.717, 1.165) is 52.1 Å². The Morgan fingerprint density at radius 1 is 1.00 bits per heavy atom. The van der Waals surface area contributed by atoms with Gasteiger partial charge in [0.15, 0.2) is 0 Å². The molecule has 0 radical (unpaired) electrons. The second-order valence-electron chi connectivity index (χ2n) is 9.33. The van der Waals surface area contributed by atoms with Crippen LogP contribution >= 0.6 is 0 Å². The van der Waals surface area contributed by atoms with Crippen LogP contribution in [0.2, 0.25) is 0 Å². The van der Waals surface area contributed by atoms with Crippen molar-refractivity contribution in [3.05, 3.63) is 71.8 Å². The molecule has 0 aromatic heterocycles. The van der Waals surface area contributed by atoms with Crippen LogP contribution in [0.1, 0.15) is 24.5 Å². The Bertz CT molecular complexity index is 951. The SMILES string of the molecule is CC(OS(C)(=O)=O)C12CN(CCc3ccccc3)CCC1CN(Cc1ccccc1)C2. The van der Waals surface area contributed by atoms with E-state index in [9.17, 15) is 8.42 Å². The Morgan fingerprint density at radius 3 is 2.26 bits per heavy atom. The highest BCUT2D eigenvalue weighted by Crippen LogP contribution is 2.46. The zero-order valence-electron chi connectivity index (χ0n) is 18.6. The Labute approximate surface area is 187 Å². The van der Waals surface area contributed by atoms with E-state index in [1.54, 1.807) is 0 Å². The van der Waals surface area contributed by atoms with E-state index in [1.165, 1.54) is 17.4 Å². The zero-order chi connectivity index (χ0) is 21.9. The zero-order valence-corrected chi connectivity index (χ0v) is 19.4. The lowest BCUT2D eigenvalue weighted by Gasteiger charge is -2.47. The van der Waals surface area contributed by atoms with Crippen molar-refractivity contribution < 1.29 is 12.6 Å². The van der Waals surface area contributed by atoms with Gasteiger partial charge < -0.3 is 4.90 Å². The predicted octanol–water partition coefficient (Wildman–Crippen LogP) is 3.42. The van der Waals surface area contributed by atoms with Crippen molar-refractivity contribution in [2.45, 2.75) is 32.4 Å². The number of hydrogen-bond donors (Lipinski definition) is 0. The van der Waals surface area contributed by atoms with Crippen LogP contribution in [0.25, 0.3) is 0 Å². The van der Waals surface area contributed by atoms with Gasteiger partial charge in [-0.2, -0.15) is 8.42 Å². The van der Waals surface area contributed by atoms with Crippen LogP contribution < -0.4 is 0 Å². The first kappa shape index (κ1) is 22.5. The van der Waals surface area contributed by atoms with Crippen molar-refractivity contribution in [1.29, 1.82) is 0 Å². The van der Waals surface area contributed by atoms with E-state index >= 15 is 0 Å². The Balaban J connectivity index is 1.50. The molecule has 0 saturated carbocycles. The maximum Gasteiger partial charge on any atom is 0.264 e. The summed E-state index contributed by atoms with van der Waals surface area (Å²) >= 11 is 0. The van der Waals surface area contributed by atoms with Gasteiger partial charge in [0, 0.05) is 38.1 Å². The maximum atomic E-state index is 12.0. The molecule has 0 bridgehead atoms. The monoisotopic (exact) mass is 442 g/mol. The average molecular weight is 443 g/mol. The average Bonchev–Trinajstić information content (AvgIpc) is 3.11. The van der Waals surface area contributed by atoms with E-state index in [0.29, 0.717) is 5.92 Å². The fourth-order valence-electron chi connectivity index (χ4n) is 5.53. The summed E-state index contributed by atoms with van der Waals surface area (Å²) in [6.45, 7) is 7.65. The molecule has 2 heterocycles. The molecule has 2 aliphatic heterocycles. The molecule has 3 atom stereocenters. The molecule has 6 heteroatoms. The largest absolute Gasteiger partial charge is 0.302 e. The fourth-order valence-corrected chi connectivity index (χ4v) is 6.24. The van der Waals surface area contributed by atoms with Gasteiger partial charge >= 0.3 is 0 Å². The van der Waals surface area contributed by atoms with Gasteiger partial charge in [-0.25, -0.2) is 0 Å². The molecule has 4 rings (SSSR count). The molecule has 0 aliphatic carbocycles. The summed E-state index contributed by atoms with van der Waals surface area (Å²) in [7, 11) is -3.50. The van der Waals surface area contributed by atoms with Crippen LogP contribution in [0.3, 0.4) is 0 Å². The van der Waals surface area contributed by atoms with Crippen LogP contribution in [0.5, 0.6) is 0 Å². The van der Waals surface area contributed by atoms with Crippen molar-refractivity contribution in [3.63, 3.8) is 0 Å². The minimum Gasteiger partial charge on any atom is -0.302 e. The van der Waals surface area contributed by atoms with Crippen molar-refractivity contribution in [3.8, 4) is 0 Å². The van der Waals surface area contributed by atoms with Gasteiger partial charge in [0.1, 0.15) is 0 Å². The number of rotatable bonds is 8. The number of piperidine rings is 1. The number of hydrogen-bond acceptors (Lipinski definition) is 5. The smallest absolute Gasteiger partial charge is 0.264 e. The molecule has 2 aliphatic rings. The third-order valence-corrected chi connectivity index (χ3v) is 7.70. The third-order valence-electron chi connectivity index (χ3n) is 7.06. The molecule has 0 amide bonds. The van der Waals surface area contributed by atoms with Gasteiger partial charge in [0.25, 0.3) is 10.1 Å². The second kappa shape index (κ2) is 9.41. The molecule has 168 valence electrons. The van der Waals surface area contributed by atoms with Gasteiger partial charge in [-0.1, -0.05) is 60.7 Å². The summed E-state index contributed by atoms with van der Waals surface area (Å²) in [4.78, 5) is 5.00. The number of fused-ring (bicyclic) bond motifs is 1. The molecule has 31 heavy (non-hydrogen) atoms. The van der Waals surface area contributed by atoms with Gasteiger partial charge in [0.2, 0.25) is 0 Å². The number of nitrogens with zero attached hydrogens (tertiary/aromatic N) is 2. The second-order valence-corrected chi connectivity index (χ2v) is 10.9. The normalized spacial score (nSPS) is 25.9. The highest BCUT2D eigenvalue weighted by atomic mass is 32.2. The molecule has 0 spiro atoms. The van der Waals surface area contributed by atoms with E-state index in [2.05, 4.69) is 58.3 Å². The van der Waals surface area contributed by atoms with E-state index in [4.69, 9.17) is 4.18 Å². The quantitative estimate of drug-likeness (QED) is 0.587. The molecule has 3 unspecified atom stereocenters. The minimum absolute atomic E-state index is 0.174.